The van der Waals surface area contributed by atoms with Crippen LogP contribution in [0.3, 0.4) is 0 Å². The summed E-state index contributed by atoms with van der Waals surface area (Å²) in [6.07, 6.45) is -2.73. The normalized spacial score (nSPS) is 38.7. The summed E-state index contributed by atoms with van der Waals surface area (Å²) < 4.78 is 48.7. The maximum atomic E-state index is 7.12. The van der Waals surface area contributed by atoms with Crippen LogP contribution in [-0.4, -0.2) is 65.1 Å². The molecule has 6 N–H and O–H groups in total. The summed E-state index contributed by atoms with van der Waals surface area (Å²) in [6, 6.07) is 0. The van der Waals surface area contributed by atoms with Crippen molar-refractivity contribution in [1.29, 1.82) is 9.70 Å². The van der Waals surface area contributed by atoms with E-state index in [4.69, 9.17) is 13.3 Å². The van der Waals surface area contributed by atoms with Gasteiger partial charge in [0.1, 0.15) is 24.6 Å². The Morgan fingerprint density at radius 3 is 3.41 bits per heavy atom. The van der Waals surface area contributed by atoms with Gasteiger partial charge in [0.25, 0.3) is 0 Å². The third-order valence-corrected chi connectivity index (χ3v) is 2.42. The maximum Gasteiger partial charge on any atom is 0.215 e. The van der Waals surface area contributed by atoms with Crippen LogP contribution in [0, 0.1) is 5.40 Å². The Morgan fingerprint density at radius 2 is 2.71 bits per heavy atom. The first kappa shape index (κ1) is 6.40. The molecule has 94 valence electrons. The number of aromatic nitrogens is 3. The molecule has 17 heavy (non-hydrogen) atoms. The summed E-state index contributed by atoms with van der Waals surface area (Å²) in [6.45, 7) is -0.214. The molecular weight excluding hydrogens is 230 g/mol. The molecule has 0 saturated carbocycles. The highest BCUT2D eigenvalue weighted by atomic mass is 16.6. The van der Waals surface area contributed by atoms with Crippen LogP contribution < -0.4 is 5.72 Å². The van der Waals surface area contributed by atoms with Crippen molar-refractivity contribution in [3.63, 3.8) is 0 Å². The molecule has 1 saturated heterocycles. The summed E-state index contributed by atoms with van der Waals surface area (Å²) in [7, 11) is 0. The second-order valence-electron chi connectivity index (χ2n) is 3.53. The quantitative estimate of drug-likeness (QED) is 0.269. The van der Waals surface area contributed by atoms with Gasteiger partial charge in [-0.2, -0.15) is 0 Å². The highest BCUT2D eigenvalue weighted by molar-refractivity contribution is 5.90. The fourth-order valence-electron chi connectivity index (χ4n) is 1.55. The number of rotatable bonds is 6. The molecule has 1 aromatic heterocycles. The highest BCUT2D eigenvalue weighted by Gasteiger charge is 2.43. The smallest absolute Gasteiger partial charge is 0.215 e. The molecule has 4 atom stereocenters. The van der Waals surface area contributed by atoms with Crippen molar-refractivity contribution in [1.82, 2.24) is 14.8 Å². The van der Waals surface area contributed by atoms with E-state index in [1.807, 2.05) is 0 Å². The molecule has 9 heteroatoms. The van der Waals surface area contributed by atoms with E-state index in [2.05, 4.69) is 30.8 Å². The molecule has 2 heterocycles. The summed E-state index contributed by atoms with van der Waals surface area (Å²) in [5.74, 6) is -0.606. The zero-order valence-corrected chi connectivity index (χ0v) is 8.46. The Bertz CT molecular complexity index is 547. The van der Waals surface area contributed by atoms with Crippen molar-refractivity contribution in [2.75, 3.05) is 6.61 Å². The van der Waals surface area contributed by atoms with Gasteiger partial charge in [0.15, 0.2) is 16.3 Å². The van der Waals surface area contributed by atoms with Gasteiger partial charge in [0, 0.05) is 0 Å². The number of hydrogen-bond acceptors (Lipinski definition) is 7. The van der Waals surface area contributed by atoms with E-state index in [1.165, 1.54) is 6.33 Å². The zero-order valence-electron chi connectivity index (χ0n) is 14.5. The number of nitrogens with zero attached hydrogens (tertiary/aromatic N) is 3. The predicted octanol–water partition coefficient (Wildman–Crippen LogP) is -2.83. The number of nitrogen functional groups attached to an aromatic ring is 1. The average molecular weight is 249 g/mol. The Morgan fingerprint density at radius 1 is 1.76 bits per heavy atom. The van der Waals surface area contributed by atoms with Gasteiger partial charge >= 0.3 is 0 Å². The lowest BCUT2D eigenvalue weighted by Crippen LogP contribution is -2.33. The summed E-state index contributed by atoms with van der Waals surface area (Å²) in [4.78, 5) is 3.81. The maximum absolute atomic E-state index is 7.12. The standard InChI is InChI=1S/C8H13N5O4/c9-6(10)7-11-2-13(12-7)8-5(16)4(15)3(1-14)17-8/h2-5,8,14-16H,1H2,(H3,9,10)/t3-,4-,5-,8-/m1/s1/i14D,15D,16D/hD3. The molecule has 1 aliphatic heterocycles. The molecule has 0 radical (unpaired) electrons. The minimum absolute atomic E-state index is 0.0765. The lowest BCUT2D eigenvalue weighted by molar-refractivity contribution is -0.0588. The van der Waals surface area contributed by atoms with Gasteiger partial charge in [-0.25, -0.2) is 9.67 Å². The number of aliphatic hydroxyl groups excluding tert-OH is 3. The molecule has 0 spiro atoms. The Balaban J connectivity index is 2.25. The Labute approximate surface area is 105 Å². The van der Waals surface area contributed by atoms with Crippen molar-refractivity contribution >= 4 is 5.84 Å². The van der Waals surface area contributed by atoms with Crippen molar-refractivity contribution in [2.24, 2.45) is 5.72 Å². The van der Waals surface area contributed by atoms with E-state index in [1.54, 1.807) is 0 Å². The molecule has 0 bridgehead atoms. The second-order valence-corrected chi connectivity index (χ2v) is 3.53. The topological polar surface area (TPSA) is 151 Å². The van der Waals surface area contributed by atoms with Gasteiger partial charge in [-0.05, 0) is 0 Å². The number of aliphatic hydroxyl groups is 3. The third-order valence-electron chi connectivity index (χ3n) is 2.42. The number of hydrogen-bond donors (Lipinski definition) is 5. The van der Waals surface area contributed by atoms with Crippen LogP contribution in [0.4, 0.5) is 0 Å². The molecule has 0 aromatic carbocycles. The van der Waals surface area contributed by atoms with Crippen LogP contribution >= 0.6 is 0 Å². The predicted molar refractivity (Wildman–Crippen MR) is 54.0 cm³/mol. The minimum atomic E-state index is -1.05. The Hall–Kier alpha value is -1.55. The first-order valence-electron chi connectivity index (χ1n) is 7.33. The van der Waals surface area contributed by atoms with E-state index < -0.39 is 30.4 Å². The molecular formula is C8H13N5O4. The van der Waals surface area contributed by atoms with Gasteiger partial charge in [-0.3, -0.25) is 5.40 Å². The number of nitrogens with one attached hydrogen (secondary N) is 1. The van der Waals surface area contributed by atoms with E-state index in [0.29, 0.717) is 0 Å². The number of amidine groups is 1. The van der Waals surface area contributed by atoms with Gasteiger partial charge in [0.05, 0.1) is 6.61 Å². The van der Waals surface area contributed by atoms with Crippen LogP contribution in [0.15, 0.2) is 6.33 Å². The third kappa shape index (κ3) is 2.00. The van der Waals surface area contributed by atoms with Crippen molar-refractivity contribution in [3.8, 4) is 0 Å². The van der Waals surface area contributed by atoms with Crippen molar-refractivity contribution < 1.29 is 24.3 Å². The van der Waals surface area contributed by atoms with Crippen molar-refractivity contribution in [2.45, 2.75) is 24.5 Å². The number of ether oxygens (including phenoxy) is 1. The van der Waals surface area contributed by atoms with E-state index in [9.17, 15) is 0 Å². The van der Waals surface area contributed by atoms with Crippen LogP contribution in [0.1, 0.15) is 12.1 Å². The summed E-state index contributed by atoms with van der Waals surface area (Å²) >= 11 is 0. The van der Waals surface area contributed by atoms with E-state index in [-0.39, 0.29) is 18.2 Å². The fourth-order valence-corrected chi connectivity index (χ4v) is 1.55. The van der Waals surface area contributed by atoms with Gasteiger partial charge < -0.3 is 25.8 Å². The molecule has 1 aromatic rings. The summed E-state index contributed by atoms with van der Waals surface area (Å²) in [5.41, 5.74) is 0.0765. The minimum Gasteiger partial charge on any atom is -0.394 e. The molecule has 0 unspecified atom stereocenters. The molecule has 1 aliphatic rings. The SMILES string of the molecule is [2H]N=C(c1ncn([C@@H]2O[C@H](CO[2H])[C@@H](O[2H])[C@H]2O[2H])n1)N([2H])[2H]. The first-order valence-corrected chi connectivity index (χ1v) is 4.76. The molecule has 1 fully saturated rings. The van der Waals surface area contributed by atoms with E-state index >= 15 is 0 Å². The zero-order chi connectivity index (χ0) is 17.0. The summed E-state index contributed by atoms with van der Waals surface area (Å²) in [5, 5.41) is 20.1. The number of nitrogens with two attached hydrogens (primary N) is 1. The van der Waals surface area contributed by atoms with Crippen LogP contribution in [0.5, 0.6) is 0 Å². The van der Waals surface area contributed by atoms with E-state index in [0.717, 1.165) is 4.68 Å². The van der Waals surface area contributed by atoms with Crippen LogP contribution in [0.2, 0.25) is 4.24 Å². The lowest BCUT2D eigenvalue weighted by Gasteiger charge is -2.13. The lowest BCUT2D eigenvalue weighted by atomic mass is 10.1. The second kappa shape index (κ2) is 4.37. The molecule has 0 amide bonds. The van der Waals surface area contributed by atoms with Crippen LogP contribution in [0.25, 0.3) is 0 Å². The van der Waals surface area contributed by atoms with Gasteiger partial charge in [0.2, 0.25) is 10.1 Å². The molecule has 9 nitrogen and oxygen atoms in total. The van der Waals surface area contributed by atoms with Crippen molar-refractivity contribution in [3.05, 3.63) is 12.2 Å². The Kier molecular flexibility index (Phi) is 1.65. The van der Waals surface area contributed by atoms with Gasteiger partial charge in [-0.1, -0.05) is 0 Å². The average Bonchev–Trinajstić information content (AvgIpc) is 3.12. The van der Waals surface area contributed by atoms with Gasteiger partial charge in [-0.15, -0.1) is 5.10 Å². The molecule has 2 rings (SSSR count). The fraction of sp³-hybridized carbons (Fsp3) is 0.625. The molecule has 0 aliphatic carbocycles. The first-order chi connectivity index (χ1) is 11.1. The van der Waals surface area contributed by atoms with Crippen LogP contribution in [-0.2, 0) is 4.74 Å². The highest BCUT2D eigenvalue weighted by Crippen LogP contribution is 2.28. The largest absolute Gasteiger partial charge is 0.394 e. The monoisotopic (exact) mass is 249 g/mol.